The minimum absolute atomic E-state index is 0.122. The van der Waals surface area contributed by atoms with Gasteiger partial charge in [0, 0.05) is 28.8 Å². The predicted octanol–water partition coefficient (Wildman–Crippen LogP) is 0.851. The summed E-state index contributed by atoms with van der Waals surface area (Å²) < 4.78 is 0. The van der Waals surface area contributed by atoms with Crippen molar-refractivity contribution < 1.29 is 19.5 Å². The molecule has 2 rings (SSSR count). The monoisotopic (exact) mass is 371 g/mol. The maximum Gasteiger partial charge on any atom is 0.322 e. The number of rotatable bonds is 8. The Morgan fingerprint density at radius 3 is 2.54 bits per heavy atom. The Hall–Kier alpha value is -1.77. The average molecular weight is 372 g/mol. The lowest BCUT2D eigenvalue weighted by Gasteiger charge is -2.22. The molecule has 3 N–H and O–H groups in total. The molecule has 1 atom stereocenters. The lowest BCUT2D eigenvalue weighted by Crippen LogP contribution is -2.41. The number of urea groups is 1. The van der Waals surface area contributed by atoms with Crippen molar-refractivity contribution in [2.75, 3.05) is 25.4 Å². The van der Waals surface area contributed by atoms with Gasteiger partial charge in [-0.1, -0.05) is 11.6 Å². The lowest BCUT2D eigenvalue weighted by atomic mass is 10.2. The number of hydrogen-bond donors (Lipinski definition) is 3. The Kier molecular flexibility index (Phi) is 6.89. The molecule has 1 heterocycles. The van der Waals surface area contributed by atoms with Crippen molar-refractivity contribution in [2.24, 2.45) is 0 Å². The predicted molar refractivity (Wildman–Crippen MR) is 90.9 cm³/mol. The van der Waals surface area contributed by atoms with E-state index in [4.69, 9.17) is 16.7 Å². The Morgan fingerprint density at radius 1 is 1.25 bits per heavy atom. The van der Waals surface area contributed by atoms with E-state index >= 15 is 0 Å². The SMILES string of the molecule is O=C1NC(=O)[C@H](CC(=O)N(CCO)CCSc2ccc(Cl)cc2)N1. The number of benzene rings is 1. The van der Waals surface area contributed by atoms with Gasteiger partial charge in [-0.05, 0) is 24.3 Å². The molecule has 7 nitrogen and oxygen atoms in total. The highest BCUT2D eigenvalue weighted by atomic mass is 35.5. The number of thioether (sulfide) groups is 1. The quantitative estimate of drug-likeness (QED) is 0.465. The highest BCUT2D eigenvalue weighted by molar-refractivity contribution is 7.99. The second-order valence-corrected chi connectivity index (χ2v) is 6.73. The third-order valence-electron chi connectivity index (χ3n) is 3.40. The van der Waals surface area contributed by atoms with Gasteiger partial charge in [0.05, 0.1) is 13.0 Å². The zero-order valence-electron chi connectivity index (χ0n) is 12.8. The van der Waals surface area contributed by atoms with E-state index in [-0.39, 0.29) is 25.5 Å². The maximum absolute atomic E-state index is 12.3. The van der Waals surface area contributed by atoms with Crippen molar-refractivity contribution in [1.82, 2.24) is 15.5 Å². The molecule has 130 valence electrons. The number of aliphatic hydroxyl groups excluding tert-OH is 1. The molecule has 0 aliphatic carbocycles. The molecule has 0 bridgehead atoms. The van der Waals surface area contributed by atoms with Gasteiger partial charge in [0.15, 0.2) is 0 Å². The summed E-state index contributed by atoms with van der Waals surface area (Å²) in [7, 11) is 0. The van der Waals surface area contributed by atoms with Crippen LogP contribution < -0.4 is 10.6 Å². The summed E-state index contributed by atoms with van der Waals surface area (Å²) in [5.41, 5.74) is 0. The van der Waals surface area contributed by atoms with Gasteiger partial charge in [0.2, 0.25) is 5.91 Å². The standard InChI is InChI=1S/C15H18ClN3O4S/c16-10-1-3-11(4-2-10)24-8-6-19(5-7-20)13(21)9-12-14(22)18-15(23)17-12/h1-4,12,20H,5-9H2,(H2,17,18,22,23)/t12-/m0/s1. The molecular formula is C15H18ClN3O4S. The van der Waals surface area contributed by atoms with Gasteiger partial charge in [-0.25, -0.2) is 4.79 Å². The maximum atomic E-state index is 12.3. The number of nitrogens with one attached hydrogen (secondary N) is 2. The second kappa shape index (κ2) is 8.91. The van der Waals surface area contributed by atoms with Crippen molar-refractivity contribution in [2.45, 2.75) is 17.4 Å². The molecule has 1 aliphatic rings. The second-order valence-electron chi connectivity index (χ2n) is 5.13. The van der Waals surface area contributed by atoms with Gasteiger partial charge in [-0.2, -0.15) is 0 Å². The van der Waals surface area contributed by atoms with Crippen LogP contribution in [0.5, 0.6) is 0 Å². The molecule has 0 spiro atoms. The first kappa shape index (κ1) is 18.6. The molecule has 1 saturated heterocycles. The Labute approximate surface area is 148 Å². The van der Waals surface area contributed by atoms with Crippen LogP contribution in [0.4, 0.5) is 4.79 Å². The molecule has 1 aromatic carbocycles. The van der Waals surface area contributed by atoms with Gasteiger partial charge >= 0.3 is 6.03 Å². The molecular weight excluding hydrogens is 354 g/mol. The number of halogens is 1. The van der Waals surface area contributed by atoms with Crippen LogP contribution in [0.25, 0.3) is 0 Å². The zero-order chi connectivity index (χ0) is 17.5. The number of imide groups is 1. The molecule has 1 aliphatic heterocycles. The summed E-state index contributed by atoms with van der Waals surface area (Å²) >= 11 is 7.39. The van der Waals surface area contributed by atoms with Crippen LogP contribution in [0.2, 0.25) is 5.02 Å². The number of aliphatic hydroxyl groups is 1. The van der Waals surface area contributed by atoms with Crippen molar-refractivity contribution >= 4 is 41.2 Å². The van der Waals surface area contributed by atoms with Crippen LogP contribution in [-0.2, 0) is 9.59 Å². The Balaban J connectivity index is 1.83. The fraction of sp³-hybridized carbons (Fsp3) is 0.400. The van der Waals surface area contributed by atoms with Gasteiger partial charge < -0.3 is 15.3 Å². The summed E-state index contributed by atoms with van der Waals surface area (Å²) in [6.45, 7) is 0.442. The molecule has 0 radical (unpaired) electrons. The van der Waals surface area contributed by atoms with E-state index in [0.717, 1.165) is 4.90 Å². The van der Waals surface area contributed by atoms with E-state index in [1.807, 2.05) is 12.1 Å². The van der Waals surface area contributed by atoms with E-state index in [1.165, 1.54) is 4.90 Å². The smallest absolute Gasteiger partial charge is 0.322 e. The Morgan fingerprint density at radius 2 is 1.96 bits per heavy atom. The summed E-state index contributed by atoms with van der Waals surface area (Å²) in [5.74, 6) is -0.160. The van der Waals surface area contributed by atoms with Crippen LogP contribution in [0.15, 0.2) is 29.2 Å². The fourth-order valence-electron chi connectivity index (χ4n) is 2.19. The highest BCUT2D eigenvalue weighted by Crippen LogP contribution is 2.20. The summed E-state index contributed by atoms with van der Waals surface area (Å²) in [6.07, 6.45) is -0.122. The number of carbonyl (C=O) groups is 3. The van der Waals surface area contributed by atoms with Crippen LogP contribution >= 0.6 is 23.4 Å². The first-order chi connectivity index (χ1) is 11.5. The molecule has 24 heavy (non-hydrogen) atoms. The van der Waals surface area contributed by atoms with E-state index in [1.54, 1.807) is 23.9 Å². The summed E-state index contributed by atoms with van der Waals surface area (Å²) in [4.78, 5) is 37.4. The van der Waals surface area contributed by atoms with Crippen molar-refractivity contribution in [3.8, 4) is 0 Å². The van der Waals surface area contributed by atoms with Gasteiger partial charge in [-0.15, -0.1) is 11.8 Å². The van der Waals surface area contributed by atoms with Crippen molar-refractivity contribution in [3.05, 3.63) is 29.3 Å². The average Bonchev–Trinajstić information content (AvgIpc) is 2.86. The summed E-state index contributed by atoms with van der Waals surface area (Å²) in [6, 6.07) is 5.93. The van der Waals surface area contributed by atoms with Crippen molar-refractivity contribution in [1.29, 1.82) is 0 Å². The first-order valence-corrected chi connectivity index (χ1v) is 8.74. The van der Waals surface area contributed by atoms with E-state index < -0.39 is 18.0 Å². The normalized spacial score (nSPS) is 16.7. The number of nitrogens with zero attached hydrogens (tertiary/aromatic N) is 1. The Bertz CT molecular complexity index is 611. The highest BCUT2D eigenvalue weighted by Gasteiger charge is 2.32. The number of amides is 4. The summed E-state index contributed by atoms with van der Waals surface area (Å²) in [5, 5.41) is 14.3. The first-order valence-electron chi connectivity index (χ1n) is 7.38. The molecule has 0 saturated carbocycles. The largest absolute Gasteiger partial charge is 0.395 e. The molecule has 1 fully saturated rings. The van der Waals surface area contributed by atoms with Crippen LogP contribution in [-0.4, -0.2) is 59.3 Å². The molecule has 0 unspecified atom stereocenters. The van der Waals surface area contributed by atoms with E-state index in [0.29, 0.717) is 17.3 Å². The molecule has 0 aromatic heterocycles. The number of carbonyl (C=O) groups excluding carboxylic acids is 3. The molecule has 9 heteroatoms. The topological polar surface area (TPSA) is 98.7 Å². The van der Waals surface area contributed by atoms with Crippen LogP contribution in [0.1, 0.15) is 6.42 Å². The van der Waals surface area contributed by atoms with Crippen molar-refractivity contribution in [3.63, 3.8) is 0 Å². The number of hydrogen-bond acceptors (Lipinski definition) is 5. The third kappa shape index (κ3) is 5.40. The molecule has 1 aromatic rings. The third-order valence-corrected chi connectivity index (χ3v) is 4.65. The van der Waals surface area contributed by atoms with E-state index in [2.05, 4.69) is 10.6 Å². The van der Waals surface area contributed by atoms with Gasteiger partial charge in [-0.3, -0.25) is 14.9 Å². The fourth-order valence-corrected chi connectivity index (χ4v) is 3.19. The zero-order valence-corrected chi connectivity index (χ0v) is 14.4. The van der Waals surface area contributed by atoms with Crippen LogP contribution in [0, 0.1) is 0 Å². The minimum atomic E-state index is -0.852. The van der Waals surface area contributed by atoms with Gasteiger partial charge in [0.1, 0.15) is 6.04 Å². The van der Waals surface area contributed by atoms with E-state index in [9.17, 15) is 14.4 Å². The van der Waals surface area contributed by atoms with Gasteiger partial charge in [0.25, 0.3) is 5.91 Å². The molecule has 4 amide bonds. The minimum Gasteiger partial charge on any atom is -0.395 e. The lowest BCUT2D eigenvalue weighted by molar-refractivity contribution is -0.134. The van der Waals surface area contributed by atoms with Crippen LogP contribution in [0.3, 0.4) is 0 Å².